The molecular formula is C19H26N4O3S3. The van der Waals surface area contributed by atoms with Crippen molar-refractivity contribution in [3.63, 3.8) is 0 Å². The van der Waals surface area contributed by atoms with E-state index in [1.54, 1.807) is 23.1 Å². The second-order valence-electron chi connectivity index (χ2n) is 7.55. The number of carbonyl (C=O) groups is 1. The molecule has 3 heterocycles. The monoisotopic (exact) mass is 454 g/mol. The number of hydrogen-bond acceptors (Lipinski definition) is 7. The maximum absolute atomic E-state index is 12.9. The van der Waals surface area contributed by atoms with Crippen LogP contribution in [0, 0.1) is 5.92 Å². The summed E-state index contributed by atoms with van der Waals surface area (Å²) in [5, 5.41) is 1.02. The molecule has 0 bridgehead atoms. The molecule has 2 fully saturated rings. The Morgan fingerprint density at radius 2 is 1.83 bits per heavy atom. The molecule has 2 aliphatic rings. The van der Waals surface area contributed by atoms with Gasteiger partial charge in [0.25, 0.3) is 0 Å². The molecule has 10 heteroatoms. The third kappa shape index (κ3) is 4.40. The minimum Gasteiger partial charge on any atom is -0.345 e. The van der Waals surface area contributed by atoms with Crippen LogP contribution in [0.4, 0.5) is 5.13 Å². The highest BCUT2D eigenvalue weighted by atomic mass is 32.2. The highest BCUT2D eigenvalue weighted by Gasteiger charge is 2.33. The Morgan fingerprint density at radius 1 is 1.14 bits per heavy atom. The van der Waals surface area contributed by atoms with Crippen LogP contribution in [0.2, 0.25) is 0 Å². The number of benzene rings is 1. The molecule has 2 saturated heterocycles. The summed E-state index contributed by atoms with van der Waals surface area (Å²) in [6.45, 7) is 3.83. The first-order valence-electron chi connectivity index (χ1n) is 9.79. The van der Waals surface area contributed by atoms with Gasteiger partial charge in [-0.2, -0.15) is 0 Å². The van der Waals surface area contributed by atoms with Crippen molar-refractivity contribution in [2.45, 2.75) is 17.7 Å². The third-order valence-corrected chi connectivity index (χ3v) is 8.88. The van der Waals surface area contributed by atoms with E-state index in [4.69, 9.17) is 4.98 Å². The number of thiazole rings is 1. The van der Waals surface area contributed by atoms with Crippen molar-refractivity contribution < 1.29 is 13.2 Å². The standard InChI is InChI=1S/C19H26N4O3S3/c1-27-15-4-3-5-16-17(15)20-19(28-16)22-12-10-21(11-13-22)18(24)14-6-8-23(9-7-14)29(2,25)26/h3-5,14H,6-13H2,1-2H3. The summed E-state index contributed by atoms with van der Waals surface area (Å²) in [7, 11) is -3.16. The molecule has 29 heavy (non-hydrogen) atoms. The van der Waals surface area contributed by atoms with Gasteiger partial charge in [0, 0.05) is 50.1 Å². The molecule has 0 unspecified atom stereocenters. The van der Waals surface area contributed by atoms with Crippen LogP contribution in [0.5, 0.6) is 0 Å². The first-order chi connectivity index (χ1) is 13.9. The lowest BCUT2D eigenvalue weighted by Gasteiger charge is -2.38. The highest BCUT2D eigenvalue weighted by Crippen LogP contribution is 2.34. The predicted molar refractivity (Wildman–Crippen MR) is 119 cm³/mol. The Balaban J connectivity index is 1.35. The maximum Gasteiger partial charge on any atom is 0.225 e. The molecule has 1 amide bonds. The zero-order chi connectivity index (χ0) is 20.6. The lowest BCUT2D eigenvalue weighted by atomic mass is 9.96. The van der Waals surface area contributed by atoms with Crippen molar-refractivity contribution in [1.29, 1.82) is 0 Å². The summed E-state index contributed by atoms with van der Waals surface area (Å²) in [5.74, 6) is 0.109. The van der Waals surface area contributed by atoms with Gasteiger partial charge in [-0.15, -0.1) is 11.8 Å². The number of para-hydroxylation sites is 1. The Bertz CT molecular complexity index is 991. The fourth-order valence-corrected chi connectivity index (χ4v) is 6.57. The SMILES string of the molecule is CSc1cccc2sc(N3CCN(C(=O)C4CCN(S(C)(=O)=O)CC4)CC3)nc12. The van der Waals surface area contributed by atoms with Crippen LogP contribution in [-0.4, -0.2) is 80.3 Å². The quantitative estimate of drug-likeness (QED) is 0.661. The van der Waals surface area contributed by atoms with Gasteiger partial charge in [-0.3, -0.25) is 4.79 Å². The van der Waals surface area contributed by atoms with Gasteiger partial charge in [-0.25, -0.2) is 17.7 Å². The number of hydrogen-bond donors (Lipinski definition) is 0. The van der Waals surface area contributed by atoms with E-state index >= 15 is 0 Å². The molecule has 0 N–H and O–H groups in total. The molecule has 0 radical (unpaired) electrons. The van der Waals surface area contributed by atoms with Gasteiger partial charge in [0.05, 0.1) is 16.5 Å². The van der Waals surface area contributed by atoms with E-state index in [0.29, 0.717) is 39.0 Å². The average Bonchev–Trinajstić information content (AvgIpc) is 3.17. The summed E-state index contributed by atoms with van der Waals surface area (Å²) >= 11 is 3.42. The molecule has 1 aromatic carbocycles. The summed E-state index contributed by atoms with van der Waals surface area (Å²) in [5.41, 5.74) is 1.07. The Hall–Kier alpha value is -1.36. The number of fused-ring (bicyclic) bond motifs is 1. The average molecular weight is 455 g/mol. The van der Waals surface area contributed by atoms with Crippen molar-refractivity contribution in [3.8, 4) is 0 Å². The van der Waals surface area contributed by atoms with Gasteiger partial charge >= 0.3 is 0 Å². The minimum absolute atomic E-state index is 0.0638. The van der Waals surface area contributed by atoms with E-state index in [-0.39, 0.29) is 11.8 Å². The van der Waals surface area contributed by atoms with Crippen molar-refractivity contribution in [2.75, 3.05) is 56.7 Å². The van der Waals surface area contributed by atoms with Gasteiger partial charge < -0.3 is 9.80 Å². The van der Waals surface area contributed by atoms with E-state index in [2.05, 4.69) is 29.4 Å². The molecule has 0 spiro atoms. The molecule has 2 aromatic rings. The highest BCUT2D eigenvalue weighted by molar-refractivity contribution is 7.98. The molecular weight excluding hydrogens is 428 g/mol. The molecule has 2 aliphatic heterocycles. The molecule has 0 atom stereocenters. The minimum atomic E-state index is -3.16. The van der Waals surface area contributed by atoms with Crippen molar-refractivity contribution >= 4 is 54.4 Å². The third-order valence-electron chi connectivity index (χ3n) is 5.72. The number of amides is 1. The van der Waals surface area contributed by atoms with Gasteiger partial charge in [-0.1, -0.05) is 17.4 Å². The molecule has 0 aliphatic carbocycles. The molecule has 0 saturated carbocycles. The number of aromatic nitrogens is 1. The van der Waals surface area contributed by atoms with Crippen molar-refractivity contribution in [3.05, 3.63) is 18.2 Å². The number of anilines is 1. The van der Waals surface area contributed by atoms with E-state index in [1.807, 2.05) is 4.90 Å². The lowest BCUT2D eigenvalue weighted by Crippen LogP contribution is -2.52. The molecule has 158 valence electrons. The zero-order valence-electron chi connectivity index (χ0n) is 16.7. The first-order valence-corrected chi connectivity index (χ1v) is 13.7. The van der Waals surface area contributed by atoms with E-state index in [9.17, 15) is 13.2 Å². The predicted octanol–water partition coefficient (Wildman–Crippen LogP) is 2.34. The Kier molecular flexibility index (Phi) is 6.06. The van der Waals surface area contributed by atoms with Gasteiger partial charge in [-0.05, 0) is 31.2 Å². The van der Waals surface area contributed by atoms with E-state index < -0.39 is 10.0 Å². The first kappa shape index (κ1) is 20.9. The number of piperazine rings is 1. The second kappa shape index (κ2) is 8.41. The summed E-state index contributed by atoms with van der Waals surface area (Å²) in [4.78, 5) is 23.2. The zero-order valence-corrected chi connectivity index (χ0v) is 19.2. The van der Waals surface area contributed by atoms with Crippen LogP contribution in [0.15, 0.2) is 23.1 Å². The fourth-order valence-electron chi connectivity index (χ4n) is 4.02. The van der Waals surface area contributed by atoms with Gasteiger partial charge in [0.15, 0.2) is 5.13 Å². The Morgan fingerprint density at radius 3 is 2.45 bits per heavy atom. The number of nitrogens with zero attached hydrogens (tertiary/aromatic N) is 4. The largest absolute Gasteiger partial charge is 0.345 e. The molecule has 4 rings (SSSR count). The van der Waals surface area contributed by atoms with Crippen molar-refractivity contribution in [2.24, 2.45) is 5.92 Å². The van der Waals surface area contributed by atoms with E-state index in [1.165, 1.54) is 20.2 Å². The maximum atomic E-state index is 12.9. The smallest absolute Gasteiger partial charge is 0.225 e. The number of thioether (sulfide) groups is 1. The molecule has 7 nitrogen and oxygen atoms in total. The number of sulfonamides is 1. The summed E-state index contributed by atoms with van der Waals surface area (Å²) in [6, 6.07) is 6.28. The number of rotatable bonds is 4. The summed E-state index contributed by atoms with van der Waals surface area (Å²) < 4.78 is 26.0. The van der Waals surface area contributed by atoms with Crippen LogP contribution >= 0.6 is 23.1 Å². The van der Waals surface area contributed by atoms with Gasteiger partial charge in [0.2, 0.25) is 15.9 Å². The number of piperidine rings is 1. The van der Waals surface area contributed by atoms with Crippen molar-refractivity contribution in [1.82, 2.24) is 14.2 Å². The van der Waals surface area contributed by atoms with Crippen LogP contribution in [-0.2, 0) is 14.8 Å². The van der Waals surface area contributed by atoms with Crippen LogP contribution in [0.1, 0.15) is 12.8 Å². The molecule has 1 aromatic heterocycles. The topological polar surface area (TPSA) is 73.8 Å². The fraction of sp³-hybridized carbons (Fsp3) is 0.579. The Labute approximate surface area is 180 Å². The summed E-state index contributed by atoms with van der Waals surface area (Å²) in [6.07, 6.45) is 4.53. The van der Waals surface area contributed by atoms with Crippen LogP contribution in [0.25, 0.3) is 10.2 Å². The second-order valence-corrected chi connectivity index (χ2v) is 11.4. The van der Waals surface area contributed by atoms with Gasteiger partial charge in [0.1, 0.15) is 0 Å². The number of carbonyl (C=O) groups excluding carboxylic acids is 1. The normalized spacial score (nSPS) is 19.8. The van der Waals surface area contributed by atoms with E-state index in [0.717, 1.165) is 23.7 Å². The van der Waals surface area contributed by atoms with Crippen LogP contribution in [0.3, 0.4) is 0 Å². The van der Waals surface area contributed by atoms with Crippen LogP contribution < -0.4 is 4.90 Å². The lowest BCUT2D eigenvalue weighted by molar-refractivity contribution is -0.137.